The Morgan fingerprint density at radius 3 is 2.68 bits per heavy atom. The summed E-state index contributed by atoms with van der Waals surface area (Å²) in [7, 11) is 0. The Hall–Kier alpha value is -2.64. The summed E-state index contributed by atoms with van der Waals surface area (Å²) in [5.41, 5.74) is 2.27. The van der Waals surface area contributed by atoms with E-state index in [1.54, 1.807) is 6.20 Å². The minimum Gasteiger partial charge on any atom is -0.406 e. The number of halogens is 3. The van der Waals surface area contributed by atoms with Crippen molar-refractivity contribution in [2.75, 3.05) is 0 Å². The van der Waals surface area contributed by atoms with E-state index in [4.69, 9.17) is 0 Å². The number of benzene rings is 1. The van der Waals surface area contributed by atoms with Crippen molar-refractivity contribution < 1.29 is 22.7 Å². The van der Waals surface area contributed by atoms with Gasteiger partial charge in [0.25, 0.3) is 5.91 Å². The highest BCUT2D eigenvalue weighted by Gasteiger charge is 2.43. The van der Waals surface area contributed by atoms with E-state index in [1.807, 2.05) is 4.90 Å². The summed E-state index contributed by atoms with van der Waals surface area (Å²) in [5.74, 6) is -0.537. The van der Waals surface area contributed by atoms with Gasteiger partial charge in [0.2, 0.25) is 0 Å². The number of carbonyl (C=O) groups is 1. The van der Waals surface area contributed by atoms with Crippen molar-refractivity contribution in [2.24, 2.45) is 0 Å². The lowest BCUT2D eigenvalue weighted by Crippen LogP contribution is -2.42. The van der Waals surface area contributed by atoms with E-state index >= 15 is 0 Å². The van der Waals surface area contributed by atoms with Crippen LogP contribution in [0.5, 0.6) is 5.75 Å². The Morgan fingerprint density at radius 1 is 1.20 bits per heavy atom. The third-order valence-corrected chi connectivity index (χ3v) is 4.69. The maximum Gasteiger partial charge on any atom is 0.573 e. The normalized spacial score (nSPS) is 21.8. The second kappa shape index (κ2) is 5.72. The fraction of sp³-hybridized carbons (Fsp3) is 0.353. The zero-order valence-corrected chi connectivity index (χ0v) is 13.0. The summed E-state index contributed by atoms with van der Waals surface area (Å²) in [6.45, 7) is 0. The predicted molar refractivity (Wildman–Crippen MR) is 80.8 cm³/mol. The van der Waals surface area contributed by atoms with Crippen LogP contribution in [0.25, 0.3) is 0 Å². The Morgan fingerprint density at radius 2 is 1.96 bits per heavy atom. The van der Waals surface area contributed by atoms with Crippen LogP contribution >= 0.6 is 0 Å². The van der Waals surface area contributed by atoms with Crippen LogP contribution in [-0.4, -0.2) is 33.2 Å². The van der Waals surface area contributed by atoms with Gasteiger partial charge in [-0.15, -0.1) is 13.2 Å². The Balaban J connectivity index is 1.58. The zero-order chi connectivity index (χ0) is 17.6. The zero-order valence-electron chi connectivity index (χ0n) is 13.0. The average molecular weight is 349 g/mol. The smallest absolute Gasteiger partial charge is 0.406 e. The van der Waals surface area contributed by atoms with E-state index in [1.165, 1.54) is 18.5 Å². The number of alkyl halides is 3. The largest absolute Gasteiger partial charge is 0.573 e. The minimum atomic E-state index is -4.75. The molecule has 5 nitrogen and oxygen atoms in total. The summed E-state index contributed by atoms with van der Waals surface area (Å²) < 4.78 is 40.5. The monoisotopic (exact) mass is 349 g/mol. The molecule has 1 aromatic heterocycles. The molecule has 2 aromatic rings. The number of amides is 1. The molecule has 0 N–H and O–H groups in total. The molecule has 0 spiro atoms. The maximum absolute atomic E-state index is 12.9. The molecule has 1 aromatic carbocycles. The first kappa shape index (κ1) is 15.9. The lowest BCUT2D eigenvalue weighted by atomic mass is 9.98. The van der Waals surface area contributed by atoms with Crippen molar-refractivity contribution in [3.63, 3.8) is 0 Å². The third-order valence-electron chi connectivity index (χ3n) is 4.69. The molecule has 8 heteroatoms. The first-order chi connectivity index (χ1) is 11.9. The second-order valence-corrected chi connectivity index (χ2v) is 6.16. The van der Waals surface area contributed by atoms with Crippen LogP contribution in [0.1, 0.15) is 40.5 Å². The van der Waals surface area contributed by atoms with Crippen LogP contribution in [-0.2, 0) is 6.42 Å². The van der Waals surface area contributed by atoms with Gasteiger partial charge in [0.15, 0.2) is 0 Å². The Kier molecular flexibility index (Phi) is 3.63. The van der Waals surface area contributed by atoms with Crippen LogP contribution in [0.2, 0.25) is 0 Å². The molecule has 2 atom stereocenters. The van der Waals surface area contributed by atoms with Gasteiger partial charge in [0.1, 0.15) is 12.1 Å². The molecule has 0 radical (unpaired) electrons. The Labute approximate surface area is 141 Å². The fourth-order valence-corrected chi connectivity index (χ4v) is 3.68. The summed E-state index contributed by atoms with van der Waals surface area (Å²) in [4.78, 5) is 23.1. The van der Waals surface area contributed by atoms with E-state index < -0.39 is 6.36 Å². The topological polar surface area (TPSA) is 55.3 Å². The molecule has 2 aliphatic heterocycles. The maximum atomic E-state index is 12.9. The molecule has 130 valence electrons. The summed E-state index contributed by atoms with van der Waals surface area (Å²) in [5, 5.41) is 0. The number of carbonyl (C=O) groups excluding carboxylic acids is 1. The number of hydrogen-bond donors (Lipinski definition) is 0. The summed E-state index contributed by atoms with van der Waals surface area (Å²) >= 11 is 0. The highest BCUT2D eigenvalue weighted by molar-refractivity contribution is 5.95. The summed E-state index contributed by atoms with van der Waals surface area (Å²) in [6.07, 6.45) is 0.898. The predicted octanol–water partition coefficient (Wildman–Crippen LogP) is 3.28. The lowest BCUT2D eigenvalue weighted by Gasteiger charge is -2.35. The van der Waals surface area contributed by atoms with Gasteiger partial charge in [-0.1, -0.05) is 0 Å². The van der Waals surface area contributed by atoms with Crippen LogP contribution in [0, 0.1) is 0 Å². The van der Waals surface area contributed by atoms with Gasteiger partial charge in [-0.2, -0.15) is 0 Å². The molecule has 2 aliphatic rings. The van der Waals surface area contributed by atoms with Gasteiger partial charge in [-0.05, 0) is 37.1 Å². The van der Waals surface area contributed by atoms with Crippen molar-refractivity contribution in [2.45, 2.75) is 37.7 Å². The van der Waals surface area contributed by atoms with Gasteiger partial charge in [0.05, 0.1) is 11.7 Å². The van der Waals surface area contributed by atoms with E-state index in [2.05, 4.69) is 14.7 Å². The van der Waals surface area contributed by atoms with Crippen molar-refractivity contribution in [1.82, 2.24) is 14.9 Å². The van der Waals surface area contributed by atoms with E-state index in [0.29, 0.717) is 12.0 Å². The van der Waals surface area contributed by atoms with Gasteiger partial charge >= 0.3 is 6.36 Å². The lowest BCUT2D eigenvalue weighted by molar-refractivity contribution is -0.274. The number of rotatable bonds is 2. The molecule has 0 saturated carbocycles. The SMILES string of the molecule is O=C(c1ccc(OC(F)(F)F)cc1)N1[C@H]2CC[C@H]1c1cncnc1C2. The van der Waals surface area contributed by atoms with Crippen LogP contribution < -0.4 is 4.74 Å². The third kappa shape index (κ3) is 2.92. The van der Waals surface area contributed by atoms with Crippen LogP contribution in [0.3, 0.4) is 0 Å². The molecule has 1 amide bonds. The average Bonchev–Trinajstić information content (AvgIpc) is 2.88. The highest BCUT2D eigenvalue weighted by Crippen LogP contribution is 2.43. The van der Waals surface area contributed by atoms with Crippen LogP contribution in [0.4, 0.5) is 13.2 Å². The number of hydrogen-bond acceptors (Lipinski definition) is 4. The minimum absolute atomic E-state index is 0.0611. The molecule has 25 heavy (non-hydrogen) atoms. The van der Waals surface area contributed by atoms with E-state index in [-0.39, 0.29) is 23.7 Å². The number of aromatic nitrogens is 2. The Bertz CT molecular complexity index is 808. The number of fused-ring (bicyclic) bond motifs is 4. The summed E-state index contributed by atoms with van der Waals surface area (Å²) in [6, 6.07) is 5.02. The fourth-order valence-electron chi connectivity index (χ4n) is 3.68. The molecule has 1 fully saturated rings. The quantitative estimate of drug-likeness (QED) is 0.835. The van der Waals surface area contributed by atoms with Crippen molar-refractivity contribution in [3.05, 3.63) is 53.6 Å². The molecular formula is C17H14F3N3O2. The molecule has 0 aliphatic carbocycles. The van der Waals surface area contributed by atoms with Gasteiger partial charge in [-0.25, -0.2) is 9.97 Å². The van der Waals surface area contributed by atoms with Crippen molar-refractivity contribution >= 4 is 5.91 Å². The number of ether oxygens (including phenoxy) is 1. The van der Waals surface area contributed by atoms with Gasteiger partial charge < -0.3 is 9.64 Å². The van der Waals surface area contributed by atoms with E-state index in [0.717, 1.165) is 36.2 Å². The van der Waals surface area contributed by atoms with Crippen molar-refractivity contribution in [1.29, 1.82) is 0 Å². The molecule has 0 unspecified atom stereocenters. The molecular weight excluding hydrogens is 335 g/mol. The second-order valence-electron chi connectivity index (χ2n) is 6.16. The number of nitrogens with zero attached hydrogens (tertiary/aromatic N) is 3. The molecule has 1 saturated heterocycles. The van der Waals surface area contributed by atoms with Crippen molar-refractivity contribution in [3.8, 4) is 5.75 Å². The molecule has 4 rings (SSSR count). The first-order valence-electron chi connectivity index (χ1n) is 7.89. The van der Waals surface area contributed by atoms with Crippen LogP contribution in [0.15, 0.2) is 36.8 Å². The van der Waals surface area contributed by atoms with Gasteiger partial charge in [0, 0.05) is 29.8 Å². The molecule has 2 bridgehead atoms. The van der Waals surface area contributed by atoms with E-state index in [9.17, 15) is 18.0 Å². The highest BCUT2D eigenvalue weighted by atomic mass is 19.4. The first-order valence-corrected chi connectivity index (χ1v) is 7.89. The van der Waals surface area contributed by atoms with Gasteiger partial charge in [-0.3, -0.25) is 4.79 Å². The molecule has 3 heterocycles. The standard InChI is InChI=1S/C17H14F3N3O2/c18-17(19,20)25-12-4-1-10(2-5-12)16(24)23-11-3-6-15(23)13-8-21-9-22-14(13)7-11/h1-2,4-5,8-9,11,15H,3,6-7H2/t11-,15-/m0/s1.